The monoisotopic (exact) mass is 233 g/mol. The van der Waals surface area contributed by atoms with Crippen molar-refractivity contribution in [3.05, 3.63) is 20.8 Å². The Labute approximate surface area is 79.7 Å². The number of thiophene rings is 1. The molecule has 0 bridgehead atoms. The van der Waals surface area contributed by atoms with Gasteiger partial charge in [-0.1, -0.05) is 13.3 Å². The lowest BCUT2D eigenvalue weighted by Gasteiger charge is -2.05. The van der Waals surface area contributed by atoms with Crippen molar-refractivity contribution in [2.24, 2.45) is 5.73 Å². The Morgan fingerprint density at radius 1 is 1.64 bits per heavy atom. The molecule has 2 N–H and O–H groups in total. The summed E-state index contributed by atoms with van der Waals surface area (Å²) in [6.45, 7) is 2.16. The SMILES string of the molecule is CCC[C@H](N)c1ccc(Br)s1. The molecule has 1 rings (SSSR count). The lowest BCUT2D eigenvalue weighted by molar-refractivity contribution is 0.648. The molecular formula is C8H12BrNS. The number of hydrogen-bond donors (Lipinski definition) is 1. The fourth-order valence-corrected chi connectivity index (χ4v) is 2.44. The highest BCUT2D eigenvalue weighted by molar-refractivity contribution is 9.11. The molecule has 1 aromatic rings. The number of rotatable bonds is 3. The molecule has 1 aromatic heterocycles. The Morgan fingerprint density at radius 2 is 2.36 bits per heavy atom. The molecule has 0 aliphatic rings. The quantitative estimate of drug-likeness (QED) is 0.853. The third-order valence-corrected chi connectivity index (χ3v) is 3.31. The van der Waals surface area contributed by atoms with Crippen LogP contribution in [0.25, 0.3) is 0 Å². The topological polar surface area (TPSA) is 26.0 Å². The molecule has 0 aromatic carbocycles. The molecule has 1 atom stereocenters. The van der Waals surface area contributed by atoms with Crippen LogP contribution in [0.1, 0.15) is 30.7 Å². The number of nitrogens with two attached hydrogens (primary N) is 1. The van der Waals surface area contributed by atoms with E-state index in [9.17, 15) is 0 Å². The van der Waals surface area contributed by atoms with Crippen LogP contribution in [-0.4, -0.2) is 0 Å². The third kappa shape index (κ3) is 2.58. The van der Waals surface area contributed by atoms with Gasteiger partial charge in [-0.15, -0.1) is 11.3 Å². The van der Waals surface area contributed by atoms with Gasteiger partial charge < -0.3 is 5.73 Å². The van der Waals surface area contributed by atoms with Gasteiger partial charge in [-0.2, -0.15) is 0 Å². The van der Waals surface area contributed by atoms with E-state index in [1.165, 1.54) is 8.66 Å². The molecule has 62 valence electrons. The van der Waals surface area contributed by atoms with E-state index < -0.39 is 0 Å². The molecule has 3 heteroatoms. The van der Waals surface area contributed by atoms with E-state index in [2.05, 4.69) is 35.0 Å². The minimum absolute atomic E-state index is 0.233. The fraction of sp³-hybridized carbons (Fsp3) is 0.500. The molecule has 0 saturated heterocycles. The summed E-state index contributed by atoms with van der Waals surface area (Å²) in [5, 5.41) is 0. The zero-order valence-electron chi connectivity index (χ0n) is 6.51. The molecule has 0 fully saturated rings. The van der Waals surface area contributed by atoms with Crippen LogP contribution in [0, 0.1) is 0 Å². The van der Waals surface area contributed by atoms with E-state index in [0.29, 0.717) is 0 Å². The van der Waals surface area contributed by atoms with Crippen LogP contribution in [0.4, 0.5) is 0 Å². The first-order valence-corrected chi connectivity index (χ1v) is 5.35. The van der Waals surface area contributed by atoms with Crippen LogP contribution < -0.4 is 5.73 Å². The van der Waals surface area contributed by atoms with Crippen LogP contribution in [0.15, 0.2) is 15.9 Å². The van der Waals surface area contributed by atoms with E-state index in [-0.39, 0.29) is 6.04 Å². The molecule has 0 aliphatic carbocycles. The highest BCUT2D eigenvalue weighted by Crippen LogP contribution is 2.27. The molecule has 0 aliphatic heterocycles. The minimum atomic E-state index is 0.233. The lowest BCUT2D eigenvalue weighted by atomic mass is 10.1. The van der Waals surface area contributed by atoms with Crippen molar-refractivity contribution in [2.45, 2.75) is 25.8 Å². The fourth-order valence-electron chi connectivity index (χ4n) is 0.981. The molecule has 11 heavy (non-hydrogen) atoms. The lowest BCUT2D eigenvalue weighted by Crippen LogP contribution is -2.07. The average Bonchev–Trinajstić information content (AvgIpc) is 2.36. The Kier molecular flexibility index (Phi) is 3.55. The van der Waals surface area contributed by atoms with Gasteiger partial charge in [-0.05, 0) is 34.5 Å². The van der Waals surface area contributed by atoms with E-state index in [4.69, 9.17) is 5.73 Å². The summed E-state index contributed by atoms with van der Waals surface area (Å²) in [5.41, 5.74) is 5.91. The summed E-state index contributed by atoms with van der Waals surface area (Å²) in [6, 6.07) is 4.38. The van der Waals surface area contributed by atoms with Crippen LogP contribution in [-0.2, 0) is 0 Å². The predicted octanol–water partition coefficient (Wildman–Crippen LogP) is 3.31. The first kappa shape index (κ1) is 9.23. The smallest absolute Gasteiger partial charge is 0.0701 e. The summed E-state index contributed by atoms with van der Waals surface area (Å²) in [6.07, 6.45) is 2.23. The molecular weight excluding hydrogens is 222 g/mol. The second-order valence-corrected chi connectivity index (χ2v) is 5.03. The number of halogens is 1. The molecule has 0 spiro atoms. The molecule has 1 nitrogen and oxygen atoms in total. The summed E-state index contributed by atoms with van der Waals surface area (Å²) in [5.74, 6) is 0. The predicted molar refractivity (Wildman–Crippen MR) is 53.9 cm³/mol. The molecule has 1 heterocycles. The van der Waals surface area contributed by atoms with Crippen LogP contribution >= 0.6 is 27.3 Å². The van der Waals surface area contributed by atoms with Gasteiger partial charge in [0.2, 0.25) is 0 Å². The maximum atomic E-state index is 5.91. The number of hydrogen-bond acceptors (Lipinski definition) is 2. The standard InChI is InChI=1S/C8H12BrNS/c1-2-3-6(10)7-4-5-8(9)11-7/h4-6H,2-3,10H2,1H3/t6-/m0/s1. The zero-order chi connectivity index (χ0) is 8.27. The summed E-state index contributed by atoms with van der Waals surface area (Å²) >= 11 is 5.14. The molecule has 0 saturated carbocycles. The van der Waals surface area contributed by atoms with Gasteiger partial charge in [0, 0.05) is 10.9 Å². The van der Waals surface area contributed by atoms with Crippen molar-refractivity contribution in [3.63, 3.8) is 0 Å². The first-order valence-electron chi connectivity index (χ1n) is 3.75. The van der Waals surface area contributed by atoms with Crippen LogP contribution in [0.3, 0.4) is 0 Å². The largest absolute Gasteiger partial charge is 0.323 e. The maximum absolute atomic E-state index is 5.91. The van der Waals surface area contributed by atoms with Crippen LogP contribution in [0.2, 0.25) is 0 Å². The Balaban J connectivity index is 2.60. The van der Waals surface area contributed by atoms with E-state index in [0.717, 1.165) is 12.8 Å². The van der Waals surface area contributed by atoms with Crippen molar-refractivity contribution >= 4 is 27.3 Å². The maximum Gasteiger partial charge on any atom is 0.0701 e. The van der Waals surface area contributed by atoms with E-state index >= 15 is 0 Å². The van der Waals surface area contributed by atoms with E-state index in [1.54, 1.807) is 11.3 Å². The van der Waals surface area contributed by atoms with Gasteiger partial charge in [0.05, 0.1) is 3.79 Å². The summed E-state index contributed by atoms with van der Waals surface area (Å²) < 4.78 is 1.17. The van der Waals surface area contributed by atoms with Gasteiger partial charge in [0.1, 0.15) is 0 Å². The molecule has 0 unspecified atom stereocenters. The third-order valence-electron chi connectivity index (χ3n) is 1.56. The van der Waals surface area contributed by atoms with Crippen molar-refractivity contribution in [1.82, 2.24) is 0 Å². The normalized spacial score (nSPS) is 13.4. The average molecular weight is 234 g/mol. The highest BCUT2D eigenvalue weighted by atomic mass is 79.9. The zero-order valence-corrected chi connectivity index (χ0v) is 8.91. The van der Waals surface area contributed by atoms with Gasteiger partial charge >= 0.3 is 0 Å². The Hall–Kier alpha value is 0.140. The summed E-state index contributed by atoms with van der Waals surface area (Å²) in [4.78, 5) is 1.28. The van der Waals surface area contributed by atoms with E-state index in [1.807, 2.05) is 0 Å². The first-order chi connectivity index (χ1) is 5.24. The summed E-state index contributed by atoms with van der Waals surface area (Å²) in [7, 11) is 0. The molecule has 0 amide bonds. The molecule has 0 radical (unpaired) electrons. The van der Waals surface area contributed by atoms with Crippen molar-refractivity contribution < 1.29 is 0 Å². The van der Waals surface area contributed by atoms with Crippen LogP contribution in [0.5, 0.6) is 0 Å². The highest BCUT2D eigenvalue weighted by Gasteiger charge is 2.06. The van der Waals surface area contributed by atoms with Gasteiger partial charge in [-0.25, -0.2) is 0 Å². The Bertz CT molecular complexity index is 222. The second kappa shape index (κ2) is 4.24. The second-order valence-electron chi connectivity index (χ2n) is 2.54. The van der Waals surface area contributed by atoms with Crippen molar-refractivity contribution in [2.75, 3.05) is 0 Å². The van der Waals surface area contributed by atoms with Gasteiger partial charge in [0.15, 0.2) is 0 Å². The van der Waals surface area contributed by atoms with Crippen molar-refractivity contribution in [1.29, 1.82) is 0 Å². The van der Waals surface area contributed by atoms with Crippen molar-refractivity contribution in [3.8, 4) is 0 Å². The Morgan fingerprint density at radius 3 is 2.82 bits per heavy atom. The minimum Gasteiger partial charge on any atom is -0.323 e. The van der Waals surface area contributed by atoms with Gasteiger partial charge in [-0.3, -0.25) is 0 Å². The van der Waals surface area contributed by atoms with Gasteiger partial charge in [0.25, 0.3) is 0 Å².